The zero-order valence-electron chi connectivity index (χ0n) is 11.9. The van der Waals surface area contributed by atoms with E-state index in [1.165, 1.54) is 7.11 Å². The fraction of sp³-hybridized carbons (Fsp3) is 0.571. The molecule has 1 unspecified atom stereocenters. The molecule has 0 fully saturated rings. The normalized spacial score (nSPS) is 14.9. The summed E-state index contributed by atoms with van der Waals surface area (Å²) in [4.78, 5) is 16.3. The van der Waals surface area contributed by atoms with Gasteiger partial charge in [-0.05, 0) is 32.1 Å². The zero-order chi connectivity index (χ0) is 14.0. The Morgan fingerprint density at radius 3 is 2.50 bits per heavy atom. The maximum atomic E-state index is 11.7. The van der Waals surface area contributed by atoms with Gasteiger partial charge in [0.1, 0.15) is 0 Å². The molecule has 0 spiro atoms. The van der Waals surface area contributed by atoms with Crippen LogP contribution in [0, 0.1) is 5.92 Å². The third-order valence-electron chi connectivity index (χ3n) is 2.42. The number of allylic oxidation sites excluding steroid dienone is 3. The monoisotopic (exact) mass is 269 g/mol. The first-order valence-electron chi connectivity index (χ1n) is 6.17. The highest BCUT2D eigenvalue weighted by Gasteiger charge is 2.21. The number of thioether (sulfide) groups is 1. The summed E-state index contributed by atoms with van der Waals surface area (Å²) in [5, 5.41) is 0.938. The average molecular weight is 269 g/mol. The van der Waals surface area contributed by atoms with Crippen molar-refractivity contribution in [1.29, 1.82) is 0 Å². The van der Waals surface area contributed by atoms with Crippen LogP contribution in [0.3, 0.4) is 0 Å². The highest BCUT2D eigenvalue weighted by molar-refractivity contribution is 8.02. The number of carbonyl (C=O) groups excluding carboxylic acids is 1. The van der Waals surface area contributed by atoms with Crippen LogP contribution in [0.25, 0.3) is 0 Å². The summed E-state index contributed by atoms with van der Waals surface area (Å²) in [6.07, 6.45) is 9.43. The molecule has 0 aliphatic rings. The van der Waals surface area contributed by atoms with E-state index in [0.29, 0.717) is 6.42 Å². The van der Waals surface area contributed by atoms with Gasteiger partial charge in [0, 0.05) is 0 Å². The summed E-state index contributed by atoms with van der Waals surface area (Å²) in [6.45, 7) is 5.95. The maximum Gasteiger partial charge on any atom is 0.314 e. The summed E-state index contributed by atoms with van der Waals surface area (Å²) < 4.78 is 4.83. The topological polar surface area (TPSA) is 38.7 Å². The number of hydrogen-bond donors (Lipinski definition) is 0. The van der Waals surface area contributed by atoms with Crippen LogP contribution in [-0.2, 0) is 9.53 Å². The lowest BCUT2D eigenvalue weighted by molar-refractivity contribution is -0.143. The zero-order valence-corrected chi connectivity index (χ0v) is 12.7. The quantitative estimate of drug-likeness (QED) is 0.521. The van der Waals surface area contributed by atoms with Gasteiger partial charge >= 0.3 is 5.97 Å². The van der Waals surface area contributed by atoms with E-state index in [1.807, 2.05) is 32.3 Å². The van der Waals surface area contributed by atoms with Crippen molar-refractivity contribution in [2.24, 2.45) is 10.9 Å². The molecule has 0 saturated heterocycles. The largest absolute Gasteiger partial charge is 0.469 e. The van der Waals surface area contributed by atoms with Gasteiger partial charge in [-0.25, -0.2) is 4.99 Å². The first kappa shape index (κ1) is 17.0. The molecule has 0 saturated carbocycles. The molecule has 102 valence electrons. The van der Waals surface area contributed by atoms with Crippen molar-refractivity contribution < 1.29 is 9.53 Å². The van der Waals surface area contributed by atoms with Crippen molar-refractivity contribution in [3.05, 3.63) is 23.3 Å². The third-order valence-corrected chi connectivity index (χ3v) is 3.09. The number of hydrogen-bond acceptors (Lipinski definition) is 4. The summed E-state index contributed by atoms with van der Waals surface area (Å²) >= 11 is 1.58. The molecule has 0 aliphatic carbocycles. The molecule has 0 rings (SSSR count). The predicted molar refractivity (Wildman–Crippen MR) is 79.9 cm³/mol. The highest BCUT2D eigenvalue weighted by Crippen LogP contribution is 2.18. The van der Waals surface area contributed by atoms with Gasteiger partial charge in [0.25, 0.3) is 0 Å². The molecule has 0 radical (unpaired) electrons. The minimum Gasteiger partial charge on any atom is -0.469 e. The Bertz CT molecular complexity index is 346. The molecule has 0 amide bonds. The van der Waals surface area contributed by atoms with Gasteiger partial charge in [-0.3, -0.25) is 4.79 Å². The minimum atomic E-state index is -0.293. The van der Waals surface area contributed by atoms with Crippen molar-refractivity contribution in [3.8, 4) is 0 Å². The minimum absolute atomic E-state index is 0.230. The van der Waals surface area contributed by atoms with Crippen LogP contribution in [0.5, 0.6) is 0 Å². The molecule has 0 aliphatic heterocycles. The van der Waals surface area contributed by atoms with Gasteiger partial charge in [0.15, 0.2) is 0 Å². The molecular formula is C14H23NO2S. The van der Waals surface area contributed by atoms with Gasteiger partial charge in [-0.1, -0.05) is 26.0 Å². The number of nitrogens with zero attached hydrogens (tertiary/aromatic N) is 1. The average Bonchev–Trinajstić information content (AvgIpc) is 2.38. The fourth-order valence-corrected chi connectivity index (χ4v) is 2.05. The molecule has 0 bridgehead atoms. The van der Waals surface area contributed by atoms with E-state index >= 15 is 0 Å². The first-order chi connectivity index (χ1) is 8.64. The summed E-state index contributed by atoms with van der Waals surface area (Å²) in [5.74, 6) is -0.523. The van der Waals surface area contributed by atoms with E-state index < -0.39 is 0 Å². The van der Waals surface area contributed by atoms with Gasteiger partial charge in [0.05, 0.1) is 23.8 Å². The molecule has 0 N–H and O–H groups in total. The van der Waals surface area contributed by atoms with Crippen molar-refractivity contribution in [1.82, 2.24) is 0 Å². The summed E-state index contributed by atoms with van der Waals surface area (Å²) in [7, 11) is 1.41. The number of aliphatic imine (C=N–C) groups is 1. The van der Waals surface area contributed by atoms with Crippen LogP contribution >= 0.6 is 11.8 Å². The lowest BCUT2D eigenvalue weighted by Crippen LogP contribution is -2.23. The second-order valence-corrected chi connectivity index (χ2v) is 4.50. The van der Waals surface area contributed by atoms with Gasteiger partial charge in [0.2, 0.25) is 0 Å². The van der Waals surface area contributed by atoms with Crippen LogP contribution < -0.4 is 0 Å². The van der Waals surface area contributed by atoms with Crippen LogP contribution in [-0.4, -0.2) is 25.0 Å². The maximum absolute atomic E-state index is 11.7. The Morgan fingerprint density at radius 1 is 1.44 bits per heavy atom. The second-order valence-electron chi connectivity index (χ2n) is 3.68. The standard InChI is InChI=1S/C14H23NO2S/c1-6-9-12(11(8-3)14(16)17-4)15-13(18-5)10-7-2/h6,9-11H,7-8H2,1-5H3/b9-6-,13-10-,15-12+. The SMILES string of the molecule is C\C=C/C(=N\C(=C\CC)SC)C(CC)C(=O)OC. The molecular weight excluding hydrogens is 246 g/mol. The van der Waals surface area contributed by atoms with Crippen LogP contribution in [0.1, 0.15) is 33.6 Å². The van der Waals surface area contributed by atoms with E-state index in [0.717, 1.165) is 17.2 Å². The Balaban J connectivity index is 5.32. The third kappa shape index (κ3) is 5.54. The van der Waals surface area contributed by atoms with Crippen LogP contribution in [0.4, 0.5) is 0 Å². The molecule has 4 heteroatoms. The lowest BCUT2D eigenvalue weighted by Gasteiger charge is -2.13. The van der Waals surface area contributed by atoms with E-state index in [9.17, 15) is 4.79 Å². The number of carbonyl (C=O) groups is 1. The van der Waals surface area contributed by atoms with Gasteiger partial charge in [-0.2, -0.15) is 0 Å². The Labute approximate surface area is 114 Å². The van der Waals surface area contributed by atoms with Crippen LogP contribution in [0.2, 0.25) is 0 Å². The Hall–Kier alpha value is -1.03. The molecule has 0 heterocycles. The van der Waals surface area contributed by atoms with E-state index in [-0.39, 0.29) is 11.9 Å². The molecule has 0 aromatic carbocycles. The van der Waals surface area contributed by atoms with Crippen molar-refractivity contribution in [2.45, 2.75) is 33.6 Å². The predicted octanol–water partition coefficient (Wildman–Crippen LogP) is 3.82. The number of rotatable bonds is 7. The van der Waals surface area contributed by atoms with E-state index in [2.05, 4.69) is 18.0 Å². The second kappa shape index (κ2) is 9.95. The highest BCUT2D eigenvalue weighted by atomic mass is 32.2. The van der Waals surface area contributed by atoms with Crippen molar-refractivity contribution >= 4 is 23.4 Å². The molecule has 3 nitrogen and oxygen atoms in total. The number of methoxy groups -OCH3 is 1. The number of ether oxygens (including phenoxy) is 1. The first-order valence-corrected chi connectivity index (χ1v) is 7.40. The van der Waals surface area contributed by atoms with Crippen molar-refractivity contribution in [3.63, 3.8) is 0 Å². The van der Waals surface area contributed by atoms with Gasteiger partial charge in [-0.15, -0.1) is 11.8 Å². The van der Waals surface area contributed by atoms with Crippen LogP contribution in [0.15, 0.2) is 28.2 Å². The lowest BCUT2D eigenvalue weighted by atomic mass is 10.00. The summed E-state index contributed by atoms with van der Waals surface area (Å²) in [5.41, 5.74) is 0.765. The molecule has 0 aromatic heterocycles. The Morgan fingerprint density at radius 2 is 2.11 bits per heavy atom. The van der Waals surface area contributed by atoms with E-state index in [1.54, 1.807) is 11.8 Å². The Kier molecular flexibility index (Phi) is 9.38. The van der Waals surface area contributed by atoms with E-state index in [4.69, 9.17) is 4.74 Å². The molecule has 1 atom stereocenters. The molecule has 18 heavy (non-hydrogen) atoms. The van der Waals surface area contributed by atoms with Crippen molar-refractivity contribution in [2.75, 3.05) is 13.4 Å². The summed E-state index contributed by atoms with van der Waals surface area (Å²) in [6, 6.07) is 0. The number of esters is 1. The molecule has 0 aromatic rings. The fourth-order valence-electron chi connectivity index (χ4n) is 1.52. The smallest absolute Gasteiger partial charge is 0.314 e. The van der Waals surface area contributed by atoms with Gasteiger partial charge < -0.3 is 4.74 Å².